The van der Waals surface area contributed by atoms with E-state index in [0.29, 0.717) is 18.3 Å². The topological polar surface area (TPSA) is 67.8 Å². The number of cyclic esters (lactones) is 1. The summed E-state index contributed by atoms with van der Waals surface area (Å²) in [5.41, 5.74) is 1.01. The maximum Gasteiger partial charge on any atom is 0.415 e. The largest absolute Gasteiger partial charge is 0.444 e. The molecule has 1 unspecified atom stereocenters. The number of piperidine rings is 1. The quantitative estimate of drug-likeness (QED) is 0.822. The second-order valence-corrected chi connectivity index (χ2v) is 6.21. The van der Waals surface area contributed by atoms with Gasteiger partial charge in [-0.05, 0) is 32.9 Å². The van der Waals surface area contributed by atoms with Crippen molar-refractivity contribution in [2.24, 2.45) is 0 Å². The lowest BCUT2D eigenvalue weighted by atomic mass is 9.94. The number of hydrogen-bond donors (Lipinski definition) is 0. The molecule has 1 atom stereocenters. The maximum atomic E-state index is 11.7. The van der Waals surface area contributed by atoms with E-state index < -0.39 is 0 Å². The standard InChI is InChI=1S/C16H24N4O3/c1-12-11-20(16(21)23-12)15-10-17-14(9-18-15)13-3-5-19(6-4-13)7-8-22-2/h9-10,12-13H,3-8,11H2,1-2H3. The molecule has 1 aromatic heterocycles. The van der Waals surface area contributed by atoms with Crippen molar-refractivity contribution in [3.05, 3.63) is 18.1 Å². The van der Waals surface area contributed by atoms with E-state index in [1.807, 2.05) is 6.92 Å². The molecule has 7 heteroatoms. The summed E-state index contributed by atoms with van der Waals surface area (Å²) < 4.78 is 10.2. The highest BCUT2D eigenvalue weighted by atomic mass is 16.6. The zero-order valence-electron chi connectivity index (χ0n) is 13.8. The number of carbonyl (C=O) groups excluding carboxylic acids is 1. The summed E-state index contributed by atoms with van der Waals surface area (Å²) in [5.74, 6) is 1.01. The molecule has 2 saturated heterocycles. The molecule has 0 bridgehead atoms. The van der Waals surface area contributed by atoms with Crippen molar-refractivity contribution in [1.29, 1.82) is 0 Å². The number of likely N-dealkylation sites (tertiary alicyclic amines) is 1. The Hall–Kier alpha value is -1.73. The number of methoxy groups -OCH3 is 1. The van der Waals surface area contributed by atoms with Gasteiger partial charge < -0.3 is 14.4 Å². The van der Waals surface area contributed by atoms with E-state index in [0.717, 1.165) is 44.8 Å². The maximum absolute atomic E-state index is 11.7. The number of rotatable bonds is 5. The fourth-order valence-corrected chi connectivity index (χ4v) is 3.15. The van der Waals surface area contributed by atoms with Crippen LogP contribution < -0.4 is 4.90 Å². The molecule has 0 N–H and O–H groups in total. The molecule has 23 heavy (non-hydrogen) atoms. The summed E-state index contributed by atoms with van der Waals surface area (Å²) >= 11 is 0. The molecule has 3 rings (SSSR count). The van der Waals surface area contributed by atoms with E-state index in [1.54, 1.807) is 19.5 Å². The third-order valence-electron chi connectivity index (χ3n) is 4.51. The Morgan fingerprint density at radius 2 is 2.09 bits per heavy atom. The van der Waals surface area contributed by atoms with Gasteiger partial charge in [0.15, 0.2) is 5.82 Å². The van der Waals surface area contributed by atoms with Crippen LogP contribution in [0, 0.1) is 0 Å². The van der Waals surface area contributed by atoms with E-state index in [-0.39, 0.29) is 12.2 Å². The highest BCUT2D eigenvalue weighted by Crippen LogP contribution is 2.27. The summed E-state index contributed by atoms with van der Waals surface area (Å²) in [6.45, 7) is 6.30. The first-order valence-electron chi connectivity index (χ1n) is 8.18. The van der Waals surface area contributed by atoms with E-state index in [2.05, 4.69) is 14.9 Å². The third kappa shape index (κ3) is 3.79. The van der Waals surface area contributed by atoms with Gasteiger partial charge in [0.25, 0.3) is 0 Å². The molecule has 0 aromatic carbocycles. The summed E-state index contributed by atoms with van der Waals surface area (Å²) in [5, 5.41) is 0. The molecule has 2 aliphatic heterocycles. The van der Waals surface area contributed by atoms with Crippen molar-refractivity contribution >= 4 is 11.9 Å². The van der Waals surface area contributed by atoms with Gasteiger partial charge in [-0.1, -0.05) is 0 Å². The Labute approximate surface area is 136 Å². The van der Waals surface area contributed by atoms with Crippen LogP contribution in [0.5, 0.6) is 0 Å². The first-order valence-corrected chi connectivity index (χ1v) is 8.18. The predicted molar refractivity (Wildman–Crippen MR) is 85.6 cm³/mol. The summed E-state index contributed by atoms with van der Waals surface area (Å²) in [6.07, 6.45) is 5.22. The van der Waals surface area contributed by atoms with Gasteiger partial charge in [0.1, 0.15) is 6.10 Å². The van der Waals surface area contributed by atoms with Gasteiger partial charge in [-0.2, -0.15) is 0 Å². The van der Waals surface area contributed by atoms with Crippen molar-refractivity contribution in [3.8, 4) is 0 Å². The van der Waals surface area contributed by atoms with Crippen LogP contribution in [0.15, 0.2) is 12.4 Å². The Morgan fingerprint density at radius 1 is 1.30 bits per heavy atom. The van der Waals surface area contributed by atoms with Gasteiger partial charge in [0.05, 0.1) is 31.2 Å². The fourth-order valence-electron chi connectivity index (χ4n) is 3.15. The number of carbonyl (C=O) groups is 1. The molecule has 0 saturated carbocycles. The third-order valence-corrected chi connectivity index (χ3v) is 4.51. The van der Waals surface area contributed by atoms with Crippen LogP contribution >= 0.6 is 0 Å². The van der Waals surface area contributed by atoms with Gasteiger partial charge in [0, 0.05) is 19.6 Å². The van der Waals surface area contributed by atoms with Gasteiger partial charge in [-0.15, -0.1) is 0 Å². The Bertz CT molecular complexity index is 529. The summed E-state index contributed by atoms with van der Waals surface area (Å²) in [4.78, 5) is 24.6. The molecule has 3 heterocycles. The van der Waals surface area contributed by atoms with E-state index >= 15 is 0 Å². The highest BCUT2D eigenvalue weighted by Gasteiger charge is 2.30. The predicted octanol–water partition coefficient (Wildman–Crippen LogP) is 1.65. The highest BCUT2D eigenvalue weighted by molar-refractivity contribution is 5.88. The van der Waals surface area contributed by atoms with Crippen LogP contribution in [-0.4, -0.2) is 67.0 Å². The molecule has 0 aliphatic carbocycles. The Kier molecular flexibility index (Phi) is 5.07. The summed E-state index contributed by atoms with van der Waals surface area (Å²) in [7, 11) is 1.74. The van der Waals surface area contributed by atoms with Crippen molar-refractivity contribution in [2.45, 2.75) is 31.8 Å². The molecular weight excluding hydrogens is 296 g/mol. The average molecular weight is 320 g/mol. The Balaban J connectivity index is 1.57. The van der Waals surface area contributed by atoms with Gasteiger partial charge in [0.2, 0.25) is 0 Å². The molecule has 2 aliphatic rings. The second-order valence-electron chi connectivity index (χ2n) is 6.21. The number of amides is 1. The minimum absolute atomic E-state index is 0.0968. The molecule has 0 spiro atoms. The monoisotopic (exact) mass is 320 g/mol. The SMILES string of the molecule is COCCN1CCC(c2cnc(N3CC(C)OC3=O)cn2)CC1. The van der Waals surface area contributed by atoms with Crippen molar-refractivity contribution < 1.29 is 14.3 Å². The Morgan fingerprint density at radius 3 is 2.65 bits per heavy atom. The van der Waals surface area contributed by atoms with E-state index in [1.165, 1.54) is 4.90 Å². The smallest absolute Gasteiger partial charge is 0.415 e. The molecule has 2 fully saturated rings. The second kappa shape index (κ2) is 7.23. The van der Waals surface area contributed by atoms with Crippen molar-refractivity contribution in [1.82, 2.24) is 14.9 Å². The number of hydrogen-bond acceptors (Lipinski definition) is 6. The number of anilines is 1. The van der Waals surface area contributed by atoms with Crippen LogP contribution in [0.3, 0.4) is 0 Å². The van der Waals surface area contributed by atoms with Gasteiger partial charge in [-0.3, -0.25) is 9.88 Å². The summed E-state index contributed by atoms with van der Waals surface area (Å²) in [6, 6.07) is 0. The lowest BCUT2D eigenvalue weighted by Crippen LogP contribution is -2.35. The van der Waals surface area contributed by atoms with Gasteiger partial charge in [-0.25, -0.2) is 9.78 Å². The van der Waals surface area contributed by atoms with Crippen molar-refractivity contribution in [2.75, 3.05) is 44.8 Å². The minimum atomic E-state index is -0.342. The normalized spacial score (nSPS) is 23.3. The molecular formula is C16H24N4O3. The number of aromatic nitrogens is 2. The molecule has 0 radical (unpaired) electrons. The molecule has 1 amide bonds. The molecule has 126 valence electrons. The zero-order chi connectivity index (χ0) is 16.2. The number of ether oxygens (including phenoxy) is 2. The van der Waals surface area contributed by atoms with Crippen LogP contribution in [-0.2, 0) is 9.47 Å². The van der Waals surface area contributed by atoms with Crippen molar-refractivity contribution in [3.63, 3.8) is 0 Å². The fraction of sp³-hybridized carbons (Fsp3) is 0.688. The van der Waals surface area contributed by atoms with E-state index in [9.17, 15) is 4.79 Å². The lowest BCUT2D eigenvalue weighted by molar-refractivity contribution is 0.130. The number of nitrogens with zero attached hydrogens (tertiary/aromatic N) is 4. The molecule has 1 aromatic rings. The van der Waals surface area contributed by atoms with Crippen LogP contribution in [0.25, 0.3) is 0 Å². The van der Waals surface area contributed by atoms with E-state index in [4.69, 9.17) is 9.47 Å². The average Bonchev–Trinajstić information content (AvgIpc) is 2.92. The first kappa shape index (κ1) is 16.1. The zero-order valence-corrected chi connectivity index (χ0v) is 13.8. The van der Waals surface area contributed by atoms with Crippen LogP contribution in [0.1, 0.15) is 31.4 Å². The minimum Gasteiger partial charge on any atom is -0.444 e. The van der Waals surface area contributed by atoms with Gasteiger partial charge >= 0.3 is 6.09 Å². The van der Waals surface area contributed by atoms with Crippen LogP contribution in [0.2, 0.25) is 0 Å². The first-order chi connectivity index (χ1) is 11.2. The molecule has 7 nitrogen and oxygen atoms in total. The lowest BCUT2D eigenvalue weighted by Gasteiger charge is -2.31. The van der Waals surface area contributed by atoms with Crippen LogP contribution in [0.4, 0.5) is 10.6 Å².